The average molecular weight is 504 g/mol. The molecule has 0 aliphatic carbocycles. The molecule has 0 aliphatic heterocycles. The van der Waals surface area contributed by atoms with Crippen LogP contribution in [0.15, 0.2) is 97.1 Å². The van der Waals surface area contributed by atoms with Crippen molar-refractivity contribution in [2.75, 3.05) is 0 Å². The molecule has 0 aromatic heterocycles. The van der Waals surface area contributed by atoms with Crippen molar-refractivity contribution in [3.8, 4) is 0 Å². The summed E-state index contributed by atoms with van der Waals surface area (Å²) in [6.45, 7) is 0. The van der Waals surface area contributed by atoms with Gasteiger partial charge in [0.15, 0.2) is 0 Å². The van der Waals surface area contributed by atoms with Gasteiger partial charge in [0, 0.05) is 31.2 Å². The summed E-state index contributed by atoms with van der Waals surface area (Å²) in [4.78, 5) is 12.1. The molecule has 0 heterocycles. The van der Waals surface area contributed by atoms with E-state index in [1.54, 1.807) is 24.3 Å². The monoisotopic (exact) mass is 502 g/mol. The number of hydrogen-bond acceptors (Lipinski definition) is 2. The molecule has 0 saturated carbocycles. The standard InChI is InChI=1S/C26H18Cl4O2/c27-19-11-13-21(23(29)15-19)25(17-7-3-1-4-8-17)31-32-26(18-9-5-2-6-10-18)22-14-12-20(28)16-24(22)30/h1-16,25-26H. The molecule has 32 heavy (non-hydrogen) atoms. The van der Waals surface area contributed by atoms with Crippen LogP contribution in [0, 0.1) is 0 Å². The van der Waals surface area contributed by atoms with Crippen LogP contribution in [0.5, 0.6) is 0 Å². The van der Waals surface area contributed by atoms with Gasteiger partial charge in [-0.3, -0.25) is 0 Å². The second-order valence-electron chi connectivity index (χ2n) is 7.11. The van der Waals surface area contributed by atoms with Gasteiger partial charge in [-0.2, -0.15) is 0 Å². The lowest BCUT2D eigenvalue weighted by Gasteiger charge is -2.24. The van der Waals surface area contributed by atoms with E-state index >= 15 is 0 Å². The summed E-state index contributed by atoms with van der Waals surface area (Å²) in [5, 5.41) is 2.05. The Morgan fingerprint density at radius 2 is 0.844 bits per heavy atom. The van der Waals surface area contributed by atoms with Gasteiger partial charge >= 0.3 is 0 Å². The van der Waals surface area contributed by atoms with Gasteiger partial charge in [-0.1, -0.05) is 119 Å². The van der Waals surface area contributed by atoms with Crippen molar-refractivity contribution in [3.63, 3.8) is 0 Å². The van der Waals surface area contributed by atoms with E-state index < -0.39 is 12.2 Å². The summed E-state index contributed by atoms with van der Waals surface area (Å²) in [7, 11) is 0. The zero-order valence-corrected chi connectivity index (χ0v) is 19.7. The summed E-state index contributed by atoms with van der Waals surface area (Å²) >= 11 is 25.2. The minimum Gasteiger partial charge on any atom is -0.223 e. The van der Waals surface area contributed by atoms with Gasteiger partial charge in [0.1, 0.15) is 12.2 Å². The fraction of sp³-hybridized carbons (Fsp3) is 0.0769. The predicted molar refractivity (Wildman–Crippen MR) is 132 cm³/mol. The highest BCUT2D eigenvalue weighted by Gasteiger charge is 2.25. The summed E-state index contributed by atoms with van der Waals surface area (Å²) < 4.78 is 0. The summed E-state index contributed by atoms with van der Waals surface area (Å²) in [6.07, 6.45) is -1.17. The van der Waals surface area contributed by atoms with Crippen molar-refractivity contribution in [1.29, 1.82) is 0 Å². The van der Waals surface area contributed by atoms with Crippen molar-refractivity contribution in [1.82, 2.24) is 0 Å². The van der Waals surface area contributed by atoms with Crippen molar-refractivity contribution >= 4 is 46.4 Å². The molecule has 4 rings (SSSR count). The Bertz CT molecular complexity index is 1090. The third kappa shape index (κ3) is 5.47. The number of benzene rings is 4. The van der Waals surface area contributed by atoms with E-state index in [2.05, 4.69) is 0 Å². The van der Waals surface area contributed by atoms with Gasteiger partial charge in [0.05, 0.1) is 0 Å². The number of halogens is 4. The molecule has 0 fully saturated rings. The Morgan fingerprint density at radius 3 is 1.19 bits per heavy atom. The summed E-state index contributed by atoms with van der Waals surface area (Å²) in [5.41, 5.74) is 3.23. The van der Waals surface area contributed by atoms with E-state index in [-0.39, 0.29) is 0 Å². The first-order valence-electron chi connectivity index (χ1n) is 9.85. The molecule has 0 amide bonds. The molecule has 6 heteroatoms. The van der Waals surface area contributed by atoms with Gasteiger partial charge < -0.3 is 0 Å². The average Bonchev–Trinajstić information content (AvgIpc) is 2.80. The van der Waals surface area contributed by atoms with E-state index in [4.69, 9.17) is 56.2 Å². The smallest absolute Gasteiger partial charge is 0.144 e. The summed E-state index contributed by atoms with van der Waals surface area (Å²) in [5.74, 6) is 0. The van der Waals surface area contributed by atoms with Crippen molar-refractivity contribution < 1.29 is 9.78 Å². The third-order valence-electron chi connectivity index (χ3n) is 4.94. The molecule has 0 saturated heterocycles. The molecule has 0 bridgehead atoms. The Kier molecular flexibility index (Phi) is 7.75. The molecule has 4 aromatic rings. The van der Waals surface area contributed by atoms with Crippen LogP contribution in [-0.2, 0) is 9.78 Å². The van der Waals surface area contributed by atoms with Crippen LogP contribution >= 0.6 is 46.4 Å². The fourth-order valence-electron chi connectivity index (χ4n) is 3.37. The molecule has 0 radical (unpaired) electrons. The maximum Gasteiger partial charge on any atom is 0.144 e. The molecule has 2 unspecified atom stereocenters. The molecule has 0 spiro atoms. The van der Waals surface area contributed by atoms with E-state index in [1.165, 1.54) is 0 Å². The van der Waals surface area contributed by atoms with Gasteiger partial charge in [-0.15, -0.1) is 0 Å². The second-order valence-corrected chi connectivity index (χ2v) is 8.79. The maximum absolute atomic E-state index is 6.51. The lowest BCUT2D eigenvalue weighted by Crippen LogP contribution is -2.13. The van der Waals surface area contributed by atoms with Crippen LogP contribution in [0.25, 0.3) is 0 Å². The first-order chi connectivity index (χ1) is 15.5. The van der Waals surface area contributed by atoms with E-state index in [0.717, 1.165) is 22.3 Å². The SMILES string of the molecule is Clc1ccc(C(OOC(c2ccccc2)c2ccc(Cl)cc2Cl)c2ccccc2)c(Cl)c1. The molecular weight excluding hydrogens is 486 g/mol. The Hall–Kier alpha value is -2.04. The summed E-state index contributed by atoms with van der Waals surface area (Å²) in [6, 6.07) is 30.0. The zero-order valence-electron chi connectivity index (χ0n) is 16.7. The van der Waals surface area contributed by atoms with Crippen LogP contribution in [0.1, 0.15) is 34.5 Å². The second kappa shape index (κ2) is 10.7. The Balaban J connectivity index is 1.71. The van der Waals surface area contributed by atoms with Crippen LogP contribution in [0.2, 0.25) is 20.1 Å². The molecule has 162 valence electrons. The lowest BCUT2D eigenvalue weighted by molar-refractivity contribution is -0.340. The number of hydrogen-bond donors (Lipinski definition) is 0. The Labute approximate surface area is 207 Å². The van der Waals surface area contributed by atoms with E-state index in [1.807, 2.05) is 72.8 Å². The van der Waals surface area contributed by atoms with Gasteiger partial charge in [-0.25, -0.2) is 9.78 Å². The molecule has 2 atom stereocenters. The molecule has 0 N–H and O–H groups in total. The van der Waals surface area contributed by atoms with Crippen molar-refractivity contribution in [3.05, 3.63) is 139 Å². The largest absolute Gasteiger partial charge is 0.223 e. The highest BCUT2D eigenvalue weighted by Crippen LogP contribution is 2.38. The van der Waals surface area contributed by atoms with Gasteiger partial charge in [-0.05, 0) is 35.4 Å². The van der Waals surface area contributed by atoms with Crippen molar-refractivity contribution in [2.24, 2.45) is 0 Å². The minimum absolute atomic E-state index is 0.482. The fourth-order valence-corrected chi connectivity index (χ4v) is 4.38. The van der Waals surface area contributed by atoms with E-state index in [0.29, 0.717) is 20.1 Å². The Morgan fingerprint density at radius 1 is 0.469 bits per heavy atom. The maximum atomic E-state index is 6.51. The zero-order chi connectivity index (χ0) is 22.5. The first-order valence-corrected chi connectivity index (χ1v) is 11.4. The van der Waals surface area contributed by atoms with Crippen LogP contribution in [0.3, 0.4) is 0 Å². The van der Waals surface area contributed by atoms with Crippen LogP contribution in [-0.4, -0.2) is 0 Å². The highest BCUT2D eigenvalue weighted by atomic mass is 35.5. The van der Waals surface area contributed by atoms with Crippen molar-refractivity contribution in [2.45, 2.75) is 12.2 Å². The lowest BCUT2D eigenvalue weighted by atomic mass is 10.0. The molecular formula is C26H18Cl4O2. The molecule has 2 nitrogen and oxygen atoms in total. The molecule has 0 aliphatic rings. The third-order valence-corrected chi connectivity index (χ3v) is 6.07. The highest BCUT2D eigenvalue weighted by molar-refractivity contribution is 6.35. The quantitative estimate of drug-likeness (QED) is 0.185. The van der Waals surface area contributed by atoms with Gasteiger partial charge in [0.2, 0.25) is 0 Å². The van der Waals surface area contributed by atoms with E-state index in [9.17, 15) is 0 Å². The first kappa shape index (κ1) is 23.1. The van der Waals surface area contributed by atoms with Crippen LogP contribution < -0.4 is 0 Å². The van der Waals surface area contributed by atoms with Crippen LogP contribution in [0.4, 0.5) is 0 Å². The minimum atomic E-state index is -0.585. The van der Waals surface area contributed by atoms with Gasteiger partial charge in [0.25, 0.3) is 0 Å². The molecule has 4 aromatic carbocycles. The topological polar surface area (TPSA) is 18.5 Å². The normalized spacial score (nSPS) is 13.0. The predicted octanol–water partition coefficient (Wildman–Crippen LogP) is 9.13. The number of rotatable bonds is 7.